The molecule has 70 valence electrons. The van der Waals surface area contributed by atoms with E-state index < -0.39 is 0 Å². The van der Waals surface area contributed by atoms with Gasteiger partial charge in [-0.1, -0.05) is 0 Å². The van der Waals surface area contributed by atoms with E-state index in [4.69, 9.17) is 10.5 Å². The molecule has 3 heteroatoms. The summed E-state index contributed by atoms with van der Waals surface area (Å²) in [5.41, 5.74) is 5.53. The normalized spacial score (nSPS) is 32.2. The molecule has 2 N–H and O–H groups in total. The summed E-state index contributed by atoms with van der Waals surface area (Å²) in [6.07, 6.45) is 2.54. The molecule has 2 fully saturated rings. The van der Waals surface area contributed by atoms with Crippen LogP contribution in [0.2, 0.25) is 0 Å². The average Bonchev–Trinajstić information content (AvgIpc) is 2.34. The van der Waals surface area contributed by atoms with E-state index in [1.807, 2.05) is 0 Å². The van der Waals surface area contributed by atoms with Crippen LogP contribution in [0.1, 0.15) is 12.8 Å². The molecule has 0 spiro atoms. The van der Waals surface area contributed by atoms with Crippen LogP contribution in [-0.2, 0) is 4.74 Å². The van der Waals surface area contributed by atoms with Gasteiger partial charge >= 0.3 is 0 Å². The van der Waals surface area contributed by atoms with Gasteiger partial charge in [0.05, 0.1) is 19.3 Å². The van der Waals surface area contributed by atoms with Crippen LogP contribution in [0.4, 0.5) is 0 Å². The van der Waals surface area contributed by atoms with Gasteiger partial charge in [0, 0.05) is 6.54 Å². The van der Waals surface area contributed by atoms with Crippen LogP contribution in [-0.4, -0.2) is 43.8 Å². The first-order valence-corrected chi connectivity index (χ1v) is 4.92. The standard InChI is InChI=1S/C9H18N2O/c10-3-1-8-2-4-11(5-8)9-6-12-7-9/h8-9H,1-7,10H2. The molecule has 1 unspecified atom stereocenters. The third-order valence-electron chi connectivity index (χ3n) is 3.03. The maximum Gasteiger partial charge on any atom is 0.0645 e. The summed E-state index contributed by atoms with van der Waals surface area (Å²) >= 11 is 0. The number of nitrogens with two attached hydrogens (primary N) is 1. The molecule has 0 aromatic rings. The highest BCUT2D eigenvalue weighted by atomic mass is 16.5. The van der Waals surface area contributed by atoms with Crippen LogP contribution in [0.5, 0.6) is 0 Å². The zero-order valence-electron chi connectivity index (χ0n) is 7.54. The quantitative estimate of drug-likeness (QED) is 0.650. The fraction of sp³-hybridized carbons (Fsp3) is 1.00. The molecule has 2 saturated heterocycles. The summed E-state index contributed by atoms with van der Waals surface area (Å²) in [5.74, 6) is 0.857. The zero-order valence-corrected chi connectivity index (χ0v) is 7.54. The number of rotatable bonds is 3. The summed E-state index contributed by atoms with van der Waals surface area (Å²) in [7, 11) is 0. The Bertz CT molecular complexity index is 147. The summed E-state index contributed by atoms with van der Waals surface area (Å²) in [5, 5.41) is 0. The minimum atomic E-state index is 0.729. The van der Waals surface area contributed by atoms with Crippen LogP contribution in [0, 0.1) is 5.92 Å². The topological polar surface area (TPSA) is 38.5 Å². The Labute approximate surface area is 73.9 Å². The van der Waals surface area contributed by atoms with Gasteiger partial charge in [0.25, 0.3) is 0 Å². The number of likely N-dealkylation sites (tertiary alicyclic amines) is 1. The molecule has 0 aromatic heterocycles. The van der Waals surface area contributed by atoms with Crippen molar-refractivity contribution in [3.8, 4) is 0 Å². The third kappa shape index (κ3) is 1.63. The van der Waals surface area contributed by atoms with Crippen molar-refractivity contribution in [3.05, 3.63) is 0 Å². The first-order chi connectivity index (χ1) is 5.90. The SMILES string of the molecule is NCCC1CCN(C2COC2)C1. The van der Waals surface area contributed by atoms with Gasteiger partial charge in [-0.25, -0.2) is 0 Å². The van der Waals surface area contributed by atoms with Gasteiger partial charge in [-0.3, -0.25) is 4.90 Å². The molecule has 2 rings (SSSR count). The van der Waals surface area contributed by atoms with Crippen molar-refractivity contribution in [2.45, 2.75) is 18.9 Å². The molecule has 0 bridgehead atoms. The molecule has 2 aliphatic rings. The van der Waals surface area contributed by atoms with Crippen LogP contribution >= 0.6 is 0 Å². The van der Waals surface area contributed by atoms with Crippen LogP contribution in [0.3, 0.4) is 0 Å². The summed E-state index contributed by atoms with van der Waals surface area (Å²) in [6.45, 7) is 5.27. The Hall–Kier alpha value is -0.120. The smallest absolute Gasteiger partial charge is 0.0645 e. The summed E-state index contributed by atoms with van der Waals surface area (Å²) in [6, 6.07) is 0.729. The molecule has 3 nitrogen and oxygen atoms in total. The van der Waals surface area contributed by atoms with Crippen LogP contribution in [0.25, 0.3) is 0 Å². The Morgan fingerprint density at radius 3 is 2.83 bits per heavy atom. The van der Waals surface area contributed by atoms with Crippen molar-refractivity contribution in [2.24, 2.45) is 11.7 Å². The lowest BCUT2D eigenvalue weighted by atomic mass is 10.1. The molecule has 2 heterocycles. The Kier molecular flexibility index (Phi) is 2.63. The Morgan fingerprint density at radius 2 is 2.25 bits per heavy atom. The Morgan fingerprint density at radius 1 is 1.42 bits per heavy atom. The molecule has 0 aromatic carbocycles. The van der Waals surface area contributed by atoms with Crippen molar-refractivity contribution in [1.29, 1.82) is 0 Å². The van der Waals surface area contributed by atoms with E-state index in [1.54, 1.807) is 0 Å². The molecule has 0 amide bonds. The number of hydrogen-bond donors (Lipinski definition) is 1. The highest BCUT2D eigenvalue weighted by molar-refractivity contribution is 4.84. The van der Waals surface area contributed by atoms with E-state index in [9.17, 15) is 0 Å². The van der Waals surface area contributed by atoms with Crippen molar-refractivity contribution in [1.82, 2.24) is 4.90 Å². The fourth-order valence-corrected chi connectivity index (χ4v) is 2.10. The molecule has 0 saturated carbocycles. The molecule has 0 aliphatic carbocycles. The van der Waals surface area contributed by atoms with E-state index in [-0.39, 0.29) is 0 Å². The van der Waals surface area contributed by atoms with Gasteiger partial charge in [-0.15, -0.1) is 0 Å². The predicted octanol–water partition coefficient (Wildman–Crippen LogP) is 0.0559. The van der Waals surface area contributed by atoms with Crippen molar-refractivity contribution < 1.29 is 4.74 Å². The number of ether oxygens (including phenoxy) is 1. The zero-order chi connectivity index (χ0) is 8.39. The lowest BCUT2D eigenvalue weighted by Gasteiger charge is -2.34. The second-order valence-electron chi connectivity index (χ2n) is 3.92. The minimum absolute atomic E-state index is 0.729. The molecular formula is C9H18N2O. The minimum Gasteiger partial charge on any atom is -0.378 e. The lowest BCUT2D eigenvalue weighted by Crippen LogP contribution is -2.47. The first-order valence-electron chi connectivity index (χ1n) is 4.92. The van der Waals surface area contributed by atoms with E-state index in [0.717, 1.165) is 31.7 Å². The number of hydrogen-bond acceptors (Lipinski definition) is 3. The van der Waals surface area contributed by atoms with E-state index in [2.05, 4.69) is 4.90 Å². The summed E-state index contributed by atoms with van der Waals surface area (Å²) in [4.78, 5) is 2.56. The third-order valence-corrected chi connectivity index (χ3v) is 3.03. The van der Waals surface area contributed by atoms with Crippen molar-refractivity contribution in [2.75, 3.05) is 32.8 Å². The highest BCUT2D eigenvalue weighted by Gasteiger charge is 2.31. The maximum atomic E-state index is 5.53. The first kappa shape index (κ1) is 8.48. The molecular weight excluding hydrogens is 152 g/mol. The van der Waals surface area contributed by atoms with Gasteiger partial charge in [0.1, 0.15) is 0 Å². The molecule has 12 heavy (non-hydrogen) atoms. The monoisotopic (exact) mass is 170 g/mol. The fourth-order valence-electron chi connectivity index (χ4n) is 2.10. The maximum absolute atomic E-state index is 5.53. The number of nitrogens with zero attached hydrogens (tertiary/aromatic N) is 1. The van der Waals surface area contributed by atoms with Gasteiger partial charge in [-0.05, 0) is 31.8 Å². The van der Waals surface area contributed by atoms with Gasteiger partial charge in [-0.2, -0.15) is 0 Å². The van der Waals surface area contributed by atoms with Crippen LogP contribution in [0.15, 0.2) is 0 Å². The second-order valence-corrected chi connectivity index (χ2v) is 3.92. The molecule has 0 radical (unpaired) electrons. The largest absolute Gasteiger partial charge is 0.378 e. The average molecular weight is 170 g/mol. The van der Waals surface area contributed by atoms with Gasteiger partial charge < -0.3 is 10.5 Å². The van der Waals surface area contributed by atoms with E-state index >= 15 is 0 Å². The van der Waals surface area contributed by atoms with Crippen molar-refractivity contribution in [3.63, 3.8) is 0 Å². The van der Waals surface area contributed by atoms with Crippen molar-refractivity contribution >= 4 is 0 Å². The van der Waals surface area contributed by atoms with Gasteiger partial charge in [0.2, 0.25) is 0 Å². The van der Waals surface area contributed by atoms with Gasteiger partial charge in [0.15, 0.2) is 0 Å². The molecule has 1 atom stereocenters. The van der Waals surface area contributed by atoms with E-state index in [1.165, 1.54) is 25.9 Å². The second kappa shape index (κ2) is 3.73. The van der Waals surface area contributed by atoms with Crippen LogP contribution < -0.4 is 5.73 Å². The predicted molar refractivity (Wildman–Crippen MR) is 48.0 cm³/mol. The lowest BCUT2D eigenvalue weighted by molar-refractivity contribution is -0.0581. The van der Waals surface area contributed by atoms with E-state index in [0.29, 0.717) is 0 Å². The highest BCUT2D eigenvalue weighted by Crippen LogP contribution is 2.23. The Balaban J connectivity index is 1.73. The molecule has 2 aliphatic heterocycles. The summed E-state index contributed by atoms with van der Waals surface area (Å²) < 4.78 is 5.18.